The van der Waals surface area contributed by atoms with Crippen molar-refractivity contribution in [3.8, 4) is 11.5 Å². The highest BCUT2D eigenvalue weighted by molar-refractivity contribution is 6.35. The third-order valence-electron chi connectivity index (χ3n) is 4.76. The maximum absolute atomic E-state index is 12.8. The summed E-state index contributed by atoms with van der Waals surface area (Å²) < 4.78 is 5.66. The van der Waals surface area contributed by atoms with Crippen LogP contribution in [0.25, 0.3) is 0 Å². The Kier molecular flexibility index (Phi) is 8.90. The maximum Gasteiger partial charge on any atom is 0.262 e. The lowest BCUT2D eigenvalue weighted by molar-refractivity contribution is -0.132. The molecule has 3 aromatic carbocycles. The zero-order valence-electron chi connectivity index (χ0n) is 18.2. The number of halogens is 2. The zero-order chi connectivity index (χ0) is 24.5. The molecule has 3 rings (SSSR count). The van der Waals surface area contributed by atoms with Crippen LogP contribution in [0.15, 0.2) is 77.9 Å². The quantitative estimate of drug-likeness (QED) is 0.301. The van der Waals surface area contributed by atoms with Crippen molar-refractivity contribution in [2.45, 2.75) is 25.5 Å². The van der Waals surface area contributed by atoms with Gasteiger partial charge in [-0.2, -0.15) is 5.10 Å². The second kappa shape index (κ2) is 12.1. The molecule has 0 aliphatic rings. The van der Waals surface area contributed by atoms with Crippen LogP contribution in [0, 0.1) is 0 Å². The van der Waals surface area contributed by atoms with Gasteiger partial charge < -0.3 is 15.2 Å². The predicted molar refractivity (Wildman–Crippen MR) is 132 cm³/mol. The number of hydrogen-bond acceptors (Lipinski definition) is 5. The molecule has 0 unspecified atom stereocenters. The first kappa shape index (κ1) is 25.1. The molecular weight excluding hydrogens is 477 g/mol. The molecule has 0 aliphatic carbocycles. The molecule has 7 nitrogen and oxygen atoms in total. The van der Waals surface area contributed by atoms with Gasteiger partial charge in [0.25, 0.3) is 11.8 Å². The van der Waals surface area contributed by atoms with Crippen molar-refractivity contribution in [3.63, 3.8) is 0 Å². The summed E-state index contributed by atoms with van der Waals surface area (Å²) >= 11 is 12.0. The third kappa shape index (κ3) is 7.50. The highest BCUT2D eigenvalue weighted by atomic mass is 35.5. The smallest absolute Gasteiger partial charge is 0.262 e. The lowest BCUT2D eigenvalue weighted by Gasteiger charge is -2.21. The van der Waals surface area contributed by atoms with Crippen molar-refractivity contribution in [1.29, 1.82) is 0 Å². The van der Waals surface area contributed by atoms with Crippen LogP contribution in [0.5, 0.6) is 11.5 Å². The monoisotopic (exact) mass is 499 g/mol. The first-order chi connectivity index (χ1) is 16.3. The van der Waals surface area contributed by atoms with E-state index < -0.39 is 24.0 Å². The highest BCUT2D eigenvalue weighted by Crippen LogP contribution is 2.28. The summed E-state index contributed by atoms with van der Waals surface area (Å²) in [6.07, 6.45) is 0.763. The Hall–Kier alpha value is -3.55. The molecule has 0 aliphatic heterocycles. The number of carbonyl (C=O) groups is 2. The minimum absolute atomic E-state index is 0.128. The summed E-state index contributed by atoms with van der Waals surface area (Å²) in [5.41, 5.74) is 4.00. The van der Waals surface area contributed by atoms with Crippen molar-refractivity contribution < 1.29 is 19.4 Å². The number of nitrogens with one attached hydrogen (secondary N) is 2. The number of amides is 2. The van der Waals surface area contributed by atoms with Gasteiger partial charge in [0.1, 0.15) is 17.5 Å². The van der Waals surface area contributed by atoms with Gasteiger partial charge in [0.05, 0.1) is 11.2 Å². The van der Waals surface area contributed by atoms with Crippen LogP contribution in [0.3, 0.4) is 0 Å². The Morgan fingerprint density at radius 3 is 2.41 bits per heavy atom. The van der Waals surface area contributed by atoms with Crippen LogP contribution in [0.4, 0.5) is 0 Å². The molecule has 0 bridgehead atoms. The number of ether oxygens (including phenoxy) is 1. The zero-order valence-corrected chi connectivity index (χ0v) is 19.8. The summed E-state index contributed by atoms with van der Waals surface area (Å²) in [5.74, 6) is -0.562. The number of hydrogen-bond donors (Lipinski definition) is 3. The Morgan fingerprint density at radius 1 is 1.03 bits per heavy atom. The second-order valence-corrected chi connectivity index (χ2v) is 8.26. The van der Waals surface area contributed by atoms with Crippen molar-refractivity contribution in [1.82, 2.24) is 10.7 Å². The average molecular weight is 500 g/mol. The fourth-order valence-electron chi connectivity index (χ4n) is 2.97. The molecule has 9 heteroatoms. The Labute approximate surface area is 207 Å². The standard InChI is InChI=1S/C25H23Cl2N3O4/c1-16(34-23-12-9-19(26)14-21(23)27)24(32)29-22(13-17-5-3-2-4-6-17)25(33)30-28-15-18-7-10-20(31)11-8-18/h2-12,14-16,22,31H,13H2,1H3,(H,29,32)(H,30,33)/b28-15-/t16-,22-/m0/s1. The number of phenolic OH excluding ortho intramolecular Hbond substituents is 1. The van der Waals surface area contributed by atoms with Crippen LogP contribution in [0.1, 0.15) is 18.1 Å². The summed E-state index contributed by atoms with van der Waals surface area (Å²) in [4.78, 5) is 25.7. The van der Waals surface area contributed by atoms with Gasteiger partial charge >= 0.3 is 0 Å². The summed E-state index contributed by atoms with van der Waals surface area (Å²) in [6.45, 7) is 1.56. The number of aromatic hydroxyl groups is 1. The van der Waals surface area contributed by atoms with Gasteiger partial charge in [-0.1, -0.05) is 53.5 Å². The van der Waals surface area contributed by atoms with E-state index in [2.05, 4.69) is 15.8 Å². The largest absolute Gasteiger partial charge is 0.508 e. The normalized spacial score (nSPS) is 12.7. The van der Waals surface area contributed by atoms with Crippen molar-refractivity contribution in [2.75, 3.05) is 0 Å². The first-order valence-corrected chi connectivity index (χ1v) is 11.2. The van der Waals surface area contributed by atoms with Gasteiger partial charge in [0.2, 0.25) is 0 Å². The summed E-state index contributed by atoms with van der Waals surface area (Å²) in [5, 5.41) is 16.7. The summed E-state index contributed by atoms with van der Waals surface area (Å²) in [6, 6.07) is 19.4. The molecule has 0 aromatic heterocycles. The van der Waals surface area contributed by atoms with Gasteiger partial charge in [-0.05, 0) is 60.5 Å². The van der Waals surface area contributed by atoms with Crippen molar-refractivity contribution in [2.24, 2.45) is 5.10 Å². The molecule has 0 saturated heterocycles. The number of hydrazone groups is 1. The molecule has 0 radical (unpaired) electrons. The average Bonchev–Trinajstić information content (AvgIpc) is 2.82. The Bertz CT molecular complexity index is 1150. The Morgan fingerprint density at radius 2 is 1.74 bits per heavy atom. The van der Waals surface area contributed by atoms with Gasteiger partial charge in [0.15, 0.2) is 6.10 Å². The van der Waals surface area contributed by atoms with Gasteiger partial charge in [-0.15, -0.1) is 0 Å². The van der Waals surface area contributed by atoms with E-state index in [0.29, 0.717) is 16.3 Å². The number of carbonyl (C=O) groups excluding carboxylic acids is 2. The number of nitrogens with zero attached hydrogens (tertiary/aromatic N) is 1. The fraction of sp³-hybridized carbons (Fsp3) is 0.160. The van der Waals surface area contributed by atoms with E-state index in [0.717, 1.165) is 5.56 Å². The number of phenols is 1. The van der Waals surface area contributed by atoms with E-state index in [4.69, 9.17) is 27.9 Å². The third-order valence-corrected chi connectivity index (χ3v) is 5.29. The molecule has 176 valence electrons. The molecule has 3 N–H and O–H groups in total. The fourth-order valence-corrected chi connectivity index (χ4v) is 3.42. The number of benzene rings is 3. The molecule has 2 atom stereocenters. The van der Waals surface area contributed by atoms with E-state index in [1.165, 1.54) is 24.4 Å². The van der Waals surface area contributed by atoms with E-state index in [1.807, 2.05) is 30.3 Å². The van der Waals surface area contributed by atoms with Crippen LogP contribution in [-0.2, 0) is 16.0 Å². The van der Waals surface area contributed by atoms with Crippen LogP contribution < -0.4 is 15.5 Å². The van der Waals surface area contributed by atoms with Gasteiger partial charge in [0, 0.05) is 11.4 Å². The molecular formula is C25H23Cl2N3O4. The summed E-state index contributed by atoms with van der Waals surface area (Å²) in [7, 11) is 0. The number of rotatable bonds is 9. The lowest BCUT2D eigenvalue weighted by Crippen LogP contribution is -2.50. The minimum atomic E-state index is -0.926. The highest BCUT2D eigenvalue weighted by Gasteiger charge is 2.25. The van der Waals surface area contributed by atoms with E-state index in [9.17, 15) is 14.7 Å². The van der Waals surface area contributed by atoms with Crippen LogP contribution >= 0.6 is 23.2 Å². The first-order valence-electron chi connectivity index (χ1n) is 10.4. The van der Waals surface area contributed by atoms with Crippen molar-refractivity contribution >= 4 is 41.2 Å². The molecule has 0 fully saturated rings. The molecule has 2 amide bonds. The molecule has 0 saturated carbocycles. The minimum Gasteiger partial charge on any atom is -0.508 e. The maximum atomic E-state index is 12.8. The van der Waals surface area contributed by atoms with Crippen LogP contribution in [-0.4, -0.2) is 35.3 Å². The molecule has 0 spiro atoms. The lowest BCUT2D eigenvalue weighted by atomic mass is 10.1. The van der Waals surface area contributed by atoms with Gasteiger partial charge in [-0.3, -0.25) is 9.59 Å². The van der Waals surface area contributed by atoms with Crippen molar-refractivity contribution in [3.05, 3.63) is 94.0 Å². The molecule has 0 heterocycles. The topological polar surface area (TPSA) is 100 Å². The SMILES string of the molecule is C[C@H](Oc1ccc(Cl)cc1Cl)C(=O)N[C@@H](Cc1ccccc1)C(=O)N/N=C\c1ccc(O)cc1. The van der Waals surface area contributed by atoms with E-state index in [1.54, 1.807) is 31.2 Å². The molecule has 3 aromatic rings. The predicted octanol–water partition coefficient (Wildman–Crippen LogP) is 4.34. The van der Waals surface area contributed by atoms with Crippen LogP contribution in [0.2, 0.25) is 10.0 Å². The second-order valence-electron chi connectivity index (χ2n) is 7.41. The van der Waals surface area contributed by atoms with E-state index >= 15 is 0 Å². The molecule has 34 heavy (non-hydrogen) atoms. The van der Waals surface area contributed by atoms with Gasteiger partial charge in [-0.25, -0.2) is 5.43 Å². The van der Waals surface area contributed by atoms with E-state index in [-0.39, 0.29) is 17.2 Å². The Balaban J connectivity index is 1.68.